The largest absolute Gasteiger partial charge is 0.357 e. The number of hydrogen-bond acceptors (Lipinski definition) is 6. The number of benzene rings is 2. The number of rotatable bonds is 7. The van der Waals surface area contributed by atoms with E-state index >= 15 is 0 Å². The highest BCUT2D eigenvalue weighted by Crippen LogP contribution is 2.19. The van der Waals surface area contributed by atoms with Gasteiger partial charge in [0, 0.05) is 49.4 Å². The van der Waals surface area contributed by atoms with Gasteiger partial charge in [-0.15, -0.1) is 0 Å². The molecule has 0 radical (unpaired) electrons. The zero-order valence-corrected chi connectivity index (χ0v) is 20.5. The van der Waals surface area contributed by atoms with Crippen LogP contribution in [0.15, 0.2) is 48.5 Å². The fraction of sp³-hybridized carbons (Fsp3) is 0.333. The number of ether oxygens (including phenoxy) is 1. The lowest BCUT2D eigenvalue weighted by molar-refractivity contribution is -0.204. The van der Waals surface area contributed by atoms with E-state index in [9.17, 15) is 19.2 Å². The van der Waals surface area contributed by atoms with Gasteiger partial charge in [0.2, 0.25) is 0 Å². The second-order valence-electron chi connectivity index (χ2n) is 8.43. The van der Waals surface area contributed by atoms with E-state index in [0.717, 1.165) is 29.6 Å². The first-order valence-electron chi connectivity index (χ1n) is 11.5. The molecule has 0 spiro atoms. The second-order valence-corrected chi connectivity index (χ2v) is 8.43. The van der Waals surface area contributed by atoms with Gasteiger partial charge >= 0.3 is 0 Å². The standard InChI is InChI=1S/C27H29N3O6/c1-27(25(33)28-2,26(34)29-36-23-6-4-5-17-35-23)30(3)24(32)22-15-13-20(14-16-22)8-7-19-9-11-21(18-31)12-10-19/h9-16,18,23H,4-6,17H2,1-3H3,(H,28,33)(H,29,34). The third-order valence-electron chi connectivity index (χ3n) is 6.04. The van der Waals surface area contributed by atoms with Gasteiger partial charge in [-0.25, -0.2) is 10.3 Å². The van der Waals surface area contributed by atoms with E-state index in [0.29, 0.717) is 24.2 Å². The average Bonchev–Trinajstić information content (AvgIpc) is 2.94. The summed E-state index contributed by atoms with van der Waals surface area (Å²) in [6, 6.07) is 13.4. The Kier molecular flexibility index (Phi) is 8.95. The summed E-state index contributed by atoms with van der Waals surface area (Å²) in [5.74, 6) is 3.99. The molecule has 2 aromatic rings. The van der Waals surface area contributed by atoms with Crippen molar-refractivity contribution in [2.45, 2.75) is 38.0 Å². The van der Waals surface area contributed by atoms with Crippen molar-refractivity contribution >= 4 is 24.0 Å². The Labute approximate surface area is 210 Å². The molecule has 2 unspecified atom stereocenters. The van der Waals surface area contributed by atoms with Crippen molar-refractivity contribution in [1.82, 2.24) is 15.7 Å². The van der Waals surface area contributed by atoms with E-state index in [1.165, 1.54) is 21.0 Å². The van der Waals surface area contributed by atoms with E-state index in [1.54, 1.807) is 48.5 Å². The topological polar surface area (TPSA) is 114 Å². The molecule has 0 aromatic heterocycles. The molecular formula is C27H29N3O6. The number of carbonyl (C=O) groups excluding carboxylic acids is 4. The Balaban J connectivity index is 1.72. The highest BCUT2D eigenvalue weighted by Gasteiger charge is 2.47. The molecule has 0 aliphatic carbocycles. The number of amides is 3. The van der Waals surface area contributed by atoms with Crippen LogP contribution in [0.5, 0.6) is 0 Å². The maximum Gasteiger partial charge on any atom is 0.279 e. The van der Waals surface area contributed by atoms with Crippen molar-refractivity contribution < 1.29 is 28.8 Å². The van der Waals surface area contributed by atoms with Gasteiger partial charge in [-0.05, 0) is 56.2 Å². The molecule has 2 aromatic carbocycles. The lowest BCUT2D eigenvalue weighted by Gasteiger charge is -2.36. The van der Waals surface area contributed by atoms with Crippen molar-refractivity contribution in [3.05, 3.63) is 70.8 Å². The van der Waals surface area contributed by atoms with Crippen LogP contribution < -0.4 is 10.8 Å². The Morgan fingerprint density at radius 2 is 1.64 bits per heavy atom. The van der Waals surface area contributed by atoms with Crippen molar-refractivity contribution in [2.75, 3.05) is 20.7 Å². The van der Waals surface area contributed by atoms with Gasteiger partial charge in [-0.1, -0.05) is 24.0 Å². The molecule has 1 aliphatic heterocycles. The molecule has 3 amide bonds. The van der Waals surface area contributed by atoms with Crippen molar-refractivity contribution in [3.8, 4) is 11.8 Å². The molecule has 1 saturated heterocycles. The van der Waals surface area contributed by atoms with Gasteiger partial charge < -0.3 is 15.0 Å². The highest BCUT2D eigenvalue weighted by molar-refractivity contribution is 6.12. The smallest absolute Gasteiger partial charge is 0.279 e. The van der Waals surface area contributed by atoms with E-state index in [2.05, 4.69) is 22.6 Å². The summed E-state index contributed by atoms with van der Waals surface area (Å²) in [6.07, 6.45) is 2.60. The minimum Gasteiger partial charge on any atom is -0.357 e. The Hall–Kier alpha value is -4.00. The van der Waals surface area contributed by atoms with Gasteiger partial charge in [-0.3, -0.25) is 19.2 Å². The molecule has 36 heavy (non-hydrogen) atoms. The average molecular weight is 492 g/mol. The second kappa shape index (κ2) is 12.1. The van der Waals surface area contributed by atoms with E-state index in [4.69, 9.17) is 9.57 Å². The van der Waals surface area contributed by atoms with Crippen LogP contribution in [-0.2, 0) is 19.2 Å². The summed E-state index contributed by atoms with van der Waals surface area (Å²) in [4.78, 5) is 56.1. The number of nitrogens with one attached hydrogen (secondary N) is 2. The first-order valence-corrected chi connectivity index (χ1v) is 11.5. The summed E-state index contributed by atoms with van der Waals surface area (Å²) in [5.41, 5.74) is 2.66. The van der Waals surface area contributed by atoms with Crippen LogP contribution in [0.4, 0.5) is 0 Å². The Morgan fingerprint density at radius 3 is 2.17 bits per heavy atom. The molecule has 0 saturated carbocycles. The van der Waals surface area contributed by atoms with Gasteiger partial charge in [0.15, 0.2) is 11.8 Å². The molecule has 1 fully saturated rings. The van der Waals surface area contributed by atoms with Crippen molar-refractivity contribution in [1.29, 1.82) is 0 Å². The zero-order chi connectivity index (χ0) is 26.1. The monoisotopic (exact) mass is 491 g/mol. The normalized spacial score (nSPS) is 16.5. The summed E-state index contributed by atoms with van der Waals surface area (Å²) < 4.78 is 5.43. The van der Waals surface area contributed by atoms with Crippen LogP contribution >= 0.6 is 0 Å². The van der Waals surface area contributed by atoms with Gasteiger partial charge in [0.1, 0.15) is 6.29 Å². The molecule has 1 aliphatic rings. The molecule has 1 heterocycles. The SMILES string of the molecule is CNC(=O)C(C)(C(=O)NOC1CCCCO1)N(C)C(=O)c1ccc(C#Cc2ccc(C=O)cc2)cc1. The first-order chi connectivity index (χ1) is 17.3. The molecular weight excluding hydrogens is 462 g/mol. The number of likely N-dealkylation sites (N-methyl/N-ethyl adjacent to an activating group) is 2. The van der Waals surface area contributed by atoms with Crippen LogP contribution in [0.1, 0.15) is 58.0 Å². The molecule has 0 bridgehead atoms. The van der Waals surface area contributed by atoms with Crippen LogP contribution in [-0.4, -0.2) is 61.4 Å². The summed E-state index contributed by atoms with van der Waals surface area (Å²) in [7, 11) is 2.77. The lowest BCUT2D eigenvalue weighted by Crippen LogP contribution is -2.65. The maximum atomic E-state index is 13.2. The molecule has 2 atom stereocenters. The fourth-order valence-electron chi connectivity index (χ4n) is 3.56. The minimum atomic E-state index is -1.88. The highest BCUT2D eigenvalue weighted by atomic mass is 16.8. The quantitative estimate of drug-likeness (QED) is 0.265. The molecule has 2 N–H and O–H groups in total. The lowest BCUT2D eigenvalue weighted by atomic mass is 9.96. The van der Waals surface area contributed by atoms with E-state index in [-0.39, 0.29) is 5.56 Å². The zero-order valence-electron chi connectivity index (χ0n) is 20.5. The maximum absolute atomic E-state index is 13.2. The van der Waals surface area contributed by atoms with E-state index < -0.39 is 29.6 Å². The van der Waals surface area contributed by atoms with Gasteiger partial charge in [0.25, 0.3) is 17.7 Å². The van der Waals surface area contributed by atoms with Crippen molar-refractivity contribution in [3.63, 3.8) is 0 Å². The van der Waals surface area contributed by atoms with Crippen LogP contribution in [0.2, 0.25) is 0 Å². The predicted molar refractivity (Wildman–Crippen MR) is 132 cm³/mol. The number of hydrogen-bond donors (Lipinski definition) is 2. The third kappa shape index (κ3) is 6.16. The summed E-state index contributed by atoms with van der Waals surface area (Å²) in [5, 5.41) is 2.44. The van der Waals surface area contributed by atoms with E-state index in [1.807, 2.05) is 0 Å². The van der Waals surface area contributed by atoms with Crippen LogP contribution in [0.25, 0.3) is 0 Å². The molecule has 3 rings (SSSR count). The number of carbonyl (C=O) groups is 4. The number of aldehydes is 1. The third-order valence-corrected chi connectivity index (χ3v) is 6.04. The Morgan fingerprint density at radius 1 is 1.03 bits per heavy atom. The minimum absolute atomic E-state index is 0.276. The molecule has 188 valence electrons. The number of hydroxylamine groups is 1. The predicted octanol–water partition coefficient (Wildman–Crippen LogP) is 2.05. The van der Waals surface area contributed by atoms with Crippen LogP contribution in [0.3, 0.4) is 0 Å². The summed E-state index contributed by atoms with van der Waals surface area (Å²) in [6.45, 7) is 1.87. The molecule has 9 nitrogen and oxygen atoms in total. The summed E-state index contributed by atoms with van der Waals surface area (Å²) >= 11 is 0. The van der Waals surface area contributed by atoms with Gasteiger partial charge in [-0.2, -0.15) is 0 Å². The van der Waals surface area contributed by atoms with Gasteiger partial charge in [0.05, 0.1) is 0 Å². The van der Waals surface area contributed by atoms with Crippen molar-refractivity contribution in [2.24, 2.45) is 0 Å². The first kappa shape index (κ1) is 26.6. The fourth-order valence-corrected chi connectivity index (χ4v) is 3.56. The molecule has 9 heteroatoms. The van der Waals surface area contributed by atoms with Crippen LogP contribution in [0, 0.1) is 11.8 Å². The Bertz CT molecular complexity index is 1160. The number of nitrogens with zero attached hydrogens (tertiary/aromatic N) is 1.